The second-order valence-corrected chi connectivity index (χ2v) is 8.54. The smallest absolute Gasteiger partial charge is 0.342 e. The molecule has 0 aliphatic carbocycles. The van der Waals surface area contributed by atoms with Crippen molar-refractivity contribution in [2.45, 2.75) is 12.2 Å². The molecule has 1 aliphatic heterocycles. The number of fused-ring (bicyclic) bond motifs is 1. The van der Waals surface area contributed by atoms with Crippen molar-refractivity contribution in [2.75, 3.05) is 14.2 Å². The summed E-state index contributed by atoms with van der Waals surface area (Å²) in [7, 11) is 3.04. The van der Waals surface area contributed by atoms with Crippen LogP contribution < -0.4 is 9.47 Å². The molecule has 1 atom stereocenters. The van der Waals surface area contributed by atoms with Crippen molar-refractivity contribution in [1.82, 2.24) is 8.75 Å². The van der Waals surface area contributed by atoms with E-state index in [-0.39, 0.29) is 0 Å². The Hall–Kier alpha value is -3.27. The zero-order valence-corrected chi connectivity index (χ0v) is 18.8. The van der Waals surface area contributed by atoms with E-state index in [1.54, 1.807) is 41.7 Å². The van der Waals surface area contributed by atoms with Crippen molar-refractivity contribution >= 4 is 45.6 Å². The molecule has 0 spiro atoms. The molecule has 4 aromatic rings. The normalized spacial score (nSPS) is 18.3. The van der Waals surface area contributed by atoms with Gasteiger partial charge in [-0.15, -0.1) is 0 Å². The Balaban J connectivity index is 1.70. The molecule has 1 aliphatic rings. The molecule has 9 heteroatoms. The molecule has 1 N–H and O–H groups in total. The van der Waals surface area contributed by atoms with Gasteiger partial charge in [0, 0.05) is 17.6 Å². The number of carbonyl (C=O) groups excluding carboxylic acids is 1. The number of benzene rings is 2. The van der Waals surface area contributed by atoms with Crippen molar-refractivity contribution in [3.05, 3.63) is 75.5 Å². The molecule has 32 heavy (non-hydrogen) atoms. The number of ether oxygens (including phenoxy) is 3. The fraction of sp³-hybridized carbons (Fsp3) is 0.174. The van der Waals surface area contributed by atoms with Gasteiger partial charge in [0.05, 0.1) is 31.5 Å². The Bertz CT molecular complexity index is 1350. The first-order valence-corrected chi connectivity index (χ1v) is 11.4. The molecule has 0 bridgehead atoms. The lowest BCUT2D eigenvalue weighted by Crippen LogP contribution is -2.29. The van der Waals surface area contributed by atoms with E-state index in [4.69, 9.17) is 14.2 Å². The van der Waals surface area contributed by atoms with Gasteiger partial charge in [-0.1, -0.05) is 6.07 Å². The topological polar surface area (TPSA) is 90.8 Å². The van der Waals surface area contributed by atoms with Crippen LogP contribution in [-0.4, -0.2) is 34.0 Å². The molecule has 7 nitrogen and oxygen atoms in total. The van der Waals surface area contributed by atoms with E-state index in [1.165, 1.54) is 14.2 Å². The van der Waals surface area contributed by atoms with Gasteiger partial charge in [-0.25, -0.2) is 4.79 Å². The van der Waals surface area contributed by atoms with Crippen LogP contribution in [0.1, 0.15) is 16.7 Å². The second kappa shape index (κ2) is 8.01. The Morgan fingerprint density at radius 3 is 2.59 bits per heavy atom. The average molecular weight is 467 g/mol. The summed E-state index contributed by atoms with van der Waals surface area (Å²) in [5, 5.41) is 15.7. The lowest BCUT2D eigenvalue weighted by atomic mass is 9.88. The van der Waals surface area contributed by atoms with Crippen LogP contribution in [0.2, 0.25) is 0 Å². The van der Waals surface area contributed by atoms with Crippen LogP contribution >= 0.6 is 23.1 Å². The predicted octanol–water partition coefficient (Wildman–Crippen LogP) is 4.17. The lowest BCUT2D eigenvalue weighted by molar-refractivity contribution is -0.185. The fourth-order valence-corrected chi connectivity index (χ4v) is 5.04. The van der Waals surface area contributed by atoms with E-state index in [0.717, 1.165) is 22.8 Å². The zero-order valence-electron chi connectivity index (χ0n) is 17.2. The molecule has 0 radical (unpaired) electrons. The number of rotatable bonds is 6. The minimum atomic E-state index is -1.96. The molecule has 5 rings (SSSR count). The average Bonchev–Trinajstić information content (AvgIpc) is 3.53. The number of hydrogen-bond acceptors (Lipinski definition) is 9. The molecule has 1 unspecified atom stereocenters. The van der Waals surface area contributed by atoms with Gasteiger partial charge in [-0.05, 0) is 58.3 Å². The second-order valence-electron chi connectivity index (χ2n) is 7.23. The van der Waals surface area contributed by atoms with Gasteiger partial charge in [0.25, 0.3) is 5.79 Å². The third-order valence-corrected chi connectivity index (χ3v) is 6.72. The molecule has 2 aromatic carbocycles. The number of aromatic nitrogens is 2. The first-order valence-electron chi connectivity index (χ1n) is 9.69. The van der Waals surface area contributed by atoms with Crippen molar-refractivity contribution in [1.29, 1.82) is 0 Å². The Kier molecular flexibility index (Phi) is 5.16. The number of carbonyl (C=O) groups is 1. The molecule has 0 saturated carbocycles. The minimum absolute atomic E-state index is 0.323. The number of nitrogens with zero attached hydrogens (tertiary/aromatic N) is 2. The highest BCUT2D eigenvalue weighted by atomic mass is 32.1. The van der Waals surface area contributed by atoms with Crippen LogP contribution in [-0.2, 0) is 21.7 Å². The Morgan fingerprint density at radius 2 is 1.84 bits per heavy atom. The third-order valence-electron chi connectivity index (χ3n) is 5.43. The van der Waals surface area contributed by atoms with Gasteiger partial charge in [-0.3, -0.25) is 0 Å². The lowest BCUT2D eigenvalue weighted by Gasteiger charge is -2.26. The highest BCUT2D eigenvalue weighted by Gasteiger charge is 2.48. The van der Waals surface area contributed by atoms with Gasteiger partial charge in [-0.2, -0.15) is 20.1 Å². The maximum absolute atomic E-state index is 13.1. The van der Waals surface area contributed by atoms with Crippen molar-refractivity contribution in [2.24, 2.45) is 0 Å². The van der Waals surface area contributed by atoms with Crippen LogP contribution in [0.3, 0.4) is 0 Å². The summed E-state index contributed by atoms with van der Waals surface area (Å²) in [4.78, 5) is 13.1. The number of thiophene rings is 1. The molecule has 0 amide bonds. The standard InChI is InChI=1S/C23H18N2O5S2/c1-28-19-6-4-15(11-20(19)29-2)23(27)16(9-13-7-8-31-12-13)21(22(26)30-23)14-3-5-17-18(10-14)25-32-24-17/h3-8,10-12,27H,9H2,1-2H3. The molecule has 3 heterocycles. The highest BCUT2D eigenvalue weighted by Crippen LogP contribution is 2.46. The first-order chi connectivity index (χ1) is 15.5. The van der Waals surface area contributed by atoms with E-state index in [0.29, 0.717) is 45.7 Å². The van der Waals surface area contributed by atoms with Crippen LogP contribution in [0, 0.1) is 0 Å². The minimum Gasteiger partial charge on any atom is -0.493 e. The fourth-order valence-electron chi connectivity index (χ4n) is 3.85. The predicted molar refractivity (Wildman–Crippen MR) is 122 cm³/mol. The summed E-state index contributed by atoms with van der Waals surface area (Å²) in [5.41, 5.74) is 4.18. The van der Waals surface area contributed by atoms with Crippen LogP contribution in [0.15, 0.2) is 58.8 Å². The molecule has 0 saturated heterocycles. The molecular formula is C23H18N2O5S2. The molecule has 162 valence electrons. The van der Waals surface area contributed by atoms with Gasteiger partial charge < -0.3 is 19.3 Å². The third kappa shape index (κ3) is 3.35. The first kappa shape index (κ1) is 20.6. The van der Waals surface area contributed by atoms with Crippen molar-refractivity contribution < 1.29 is 24.1 Å². The van der Waals surface area contributed by atoms with Crippen LogP contribution in [0.4, 0.5) is 0 Å². The largest absolute Gasteiger partial charge is 0.493 e. The number of methoxy groups -OCH3 is 2. The Labute approximate surface area is 191 Å². The monoisotopic (exact) mass is 466 g/mol. The van der Waals surface area contributed by atoms with E-state index in [2.05, 4.69) is 8.75 Å². The van der Waals surface area contributed by atoms with E-state index in [1.807, 2.05) is 22.9 Å². The number of esters is 1. The SMILES string of the molecule is COc1ccc(C2(O)OC(=O)C(c3ccc4nsnc4c3)=C2Cc2ccsc2)cc1OC. The summed E-state index contributed by atoms with van der Waals surface area (Å²) < 4.78 is 24.8. The summed E-state index contributed by atoms with van der Waals surface area (Å²) in [6.07, 6.45) is 0.336. The summed E-state index contributed by atoms with van der Waals surface area (Å²) >= 11 is 2.66. The number of cyclic esters (lactones) is 1. The maximum atomic E-state index is 13.1. The van der Waals surface area contributed by atoms with Gasteiger partial charge in [0.15, 0.2) is 11.5 Å². The van der Waals surface area contributed by atoms with E-state index >= 15 is 0 Å². The molecule has 2 aromatic heterocycles. The van der Waals surface area contributed by atoms with E-state index in [9.17, 15) is 9.90 Å². The quantitative estimate of drug-likeness (QED) is 0.427. The van der Waals surface area contributed by atoms with Crippen LogP contribution in [0.5, 0.6) is 11.5 Å². The Morgan fingerprint density at radius 1 is 1.03 bits per heavy atom. The van der Waals surface area contributed by atoms with Crippen LogP contribution in [0.25, 0.3) is 16.6 Å². The van der Waals surface area contributed by atoms with Gasteiger partial charge >= 0.3 is 5.97 Å². The zero-order chi connectivity index (χ0) is 22.3. The summed E-state index contributed by atoms with van der Waals surface area (Å²) in [6, 6.07) is 12.3. The molecular weight excluding hydrogens is 448 g/mol. The van der Waals surface area contributed by atoms with Gasteiger partial charge in [0.2, 0.25) is 0 Å². The number of aliphatic hydroxyl groups is 1. The van der Waals surface area contributed by atoms with Gasteiger partial charge in [0.1, 0.15) is 11.0 Å². The maximum Gasteiger partial charge on any atom is 0.342 e. The summed E-state index contributed by atoms with van der Waals surface area (Å²) in [5.74, 6) is -1.62. The number of hydrogen-bond donors (Lipinski definition) is 1. The van der Waals surface area contributed by atoms with Crippen molar-refractivity contribution in [3.8, 4) is 11.5 Å². The molecule has 0 fully saturated rings. The highest BCUT2D eigenvalue weighted by molar-refractivity contribution is 7.08. The summed E-state index contributed by atoms with van der Waals surface area (Å²) in [6.45, 7) is 0. The van der Waals surface area contributed by atoms with E-state index < -0.39 is 11.8 Å². The van der Waals surface area contributed by atoms with Crippen molar-refractivity contribution in [3.63, 3.8) is 0 Å².